The highest BCUT2D eigenvalue weighted by atomic mass is 32.1. The Bertz CT molecular complexity index is 504. The molecule has 3 aliphatic carbocycles. The van der Waals surface area contributed by atoms with Crippen LogP contribution in [0.2, 0.25) is 0 Å². The normalized spacial score (nSPS) is 38.0. The van der Waals surface area contributed by atoms with Gasteiger partial charge in [-0.05, 0) is 24.2 Å². The molecule has 0 saturated heterocycles. The SMILES string of the molecule is O=C(O)C#CC1=C[C@@H]2[C@H](C1=S)[C@@H]1C=C[C@H]2C1. The average Bonchev–Trinajstić information content (AvgIpc) is 2.88. The summed E-state index contributed by atoms with van der Waals surface area (Å²) in [5, 5.41) is 8.52. The molecular formula is C13H10O2S. The summed E-state index contributed by atoms with van der Waals surface area (Å²) in [5.74, 6) is 5.75. The van der Waals surface area contributed by atoms with Crippen molar-refractivity contribution < 1.29 is 9.90 Å². The predicted octanol–water partition coefficient (Wildman–Crippen LogP) is 1.82. The molecule has 0 aromatic carbocycles. The van der Waals surface area contributed by atoms with Crippen LogP contribution in [0.25, 0.3) is 0 Å². The number of aliphatic carboxylic acids is 1. The molecule has 16 heavy (non-hydrogen) atoms. The lowest BCUT2D eigenvalue weighted by Crippen LogP contribution is -2.19. The van der Waals surface area contributed by atoms with Gasteiger partial charge >= 0.3 is 5.97 Å². The van der Waals surface area contributed by atoms with Gasteiger partial charge in [-0.2, -0.15) is 0 Å². The van der Waals surface area contributed by atoms with Gasteiger partial charge in [0.1, 0.15) is 0 Å². The van der Waals surface area contributed by atoms with Crippen LogP contribution in [0.15, 0.2) is 23.8 Å². The fourth-order valence-electron chi connectivity index (χ4n) is 3.14. The highest BCUT2D eigenvalue weighted by Gasteiger charge is 2.48. The lowest BCUT2D eigenvalue weighted by Gasteiger charge is -2.19. The average molecular weight is 230 g/mol. The van der Waals surface area contributed by atoms with Gasteiger partial charge in [-0.25, -0.2) is 4.79 Å². The third-order valence-electron chi connectivity index (χ3n) is 3.75. The minimum atomic E-state index is -1.10. The zero-order valence-electron chi connectivity index (χ0n) is 8.51. The monoisotopic (exact) mass is 230 g/mol. The molecule has 3 aliphatic rings. The van der Waals surface area contributed by atoms with Crippen LogP contribution in [0.1, 0.15) is 6.42 Å². The second-order valence-electron chi connectivity index (χ2n) is 4.55. The molecule has 0 aromatic heterocycles. The summed E-state index contributed by atoms with van der Waals surface area (Å²) in [6, 6.07) is 0. The number of carboxylic acids is 1. The Hall–Kier alpha value is -1.40. The quantitative estimate of drug-likeness (QED) is 0.392. The second kappa shape index (κ2) is 3.29. The maximum absolute atomic E-state index is 10.4. The molecule has 0 heterocycles. The minimum Gasteiger partial charge on any atom is -0.472 e. The molecule has 1 N–H and O–H groups in total. The van der Waals surface area contributed by atoms with Crippen molar-refractivity contribution in [2.75, 3.05) is 0 Å². The number of carboxylic acid groups (broad SMARTS) is 1. The number of hydrogen-bond donors (Lipinski definition) is 1. The molecule has 4 atom stereocenters. The van der Waals surface area contributed by atoms with Gasteiger partial charge in [-0.15, -0.1) is 0 Å². The summed E-state index contributed by atoms with van der Waals surface area (Å²) in [6.07, 6.45) is 7.79. The maximum atomic E-state index is 10.4. The van der Waals surface area contributed by atoms with E-state index in [4.69, 9.17) is 17.3 Å². The third kappa shape index (κ3) is 1.27. The molecule has 80 valence electrons. The molecule has 0 aromatic rings. The first kappa shape index (κ1) is 9.80. The first-order valence-electron chi connectivity index (χ1n) is 5.36. The van der Waals surface area contributed by atoms with Crippen molar-refractivity contribution in [1.29, 1.82) is 0 Å². The van der Waals surface area contributed by atoms with Crippen LogP contribution in [-0.4, -0.2) is 15.9 Å². The maximum Gasteiger partial charge on any atom is 0.382 e. The zero-order chi connectivity index (χ0) is 11.3. The summed E-state index contributed by atoms with van der Waals surface area (Å²) in [7, 11) is 0. The molecule has 0 unspecified atom stereocenters. The van der Waals surface area contributed by atoms with Crippen LogP contribution in [0.3, 0.4) is 0 Å². The smallest absolute Gasteiger partial charge is 0.382 e. The Kier molecular flexibility index (Phi) is 2.02. The van der Waals surface area contributed by atoms with Gasteiger partial charge in [0, 0.05) is 22.3 Å². The van der Waals surface area contributed by atoms with E-state index in [9.17, 15) is 4.79 Å². The van der Waals surface area contributed by atoms with E-state index in [1.165, 1.54) is 6.42 Å². The number of allylic oxidation sites excluding steroid dienone is 4. The molecule has 0 radical (unpaired) electrons. The molecule has 0 amide bonds. The van der Waals surface area contributed by atoms with E-state index >= 15 is 0 Å². The Balaban J connectivity index is 1.91. The highest BCUT2D eigenvalue weighted by Crippen LogP contribution is 2.53. The number of carbonyl (C=O) groups is 1. The van der Waals surface area contributed by atoms with Crippen LogP contribution < -0.4 is 0 Å². The molecule has 3 heteroatoms. The summed E-state index contributed by atoms with van der Waals surface area (Å²) in [6.45, 7) is 0. The standard InChI is InChI=1S/C13H10O2S/c14-11(15)4-3-9-6-10-7-1-2-8(5-7)12(10)13(9)16/h1-2,6-8,10,12H,5H2,(H,14,15)/t7-,8+,10-,12+/m0/s1. The molecule has 0 spiro atoms. The Morgan fingerprint density at radius 3 is 2.88 bits per heavy atom. The van der Waals surface area contributed by atoms with Crippen molar-refractivity contribution >= 4 is 23.1 Å². The van der Waals surface area contributed by atoms with E-state index in [2.05, 4.69) is 30.1 Å². The first-order valence-corrected chi connectivity index (χ1v) is 5.77. The minimum absolute atomic E-state index is 0.406. The van der Waals surface area contributed by atoms with E-state index in [1.54, 1.807) is 0 Å². The van der Waals surface area contributed by atoms with Crippen molar-refractivity contribution in [2.45, 2.75) is 6.42 Å². The summed E-state index contributed by atoms with van der Waals surface area (Å²) in [4.78, 5) is 11.3. The third-order valence-corrected chi connectivity index (χ3v) is 4.24. The van der Waals surface area contributed by atoms with Crippen molar-refractivity contribution in [3.8, 4) is 11.8 Å². The van der Waals surface area contributed by atoms with Crippen molar-refractivity contribution in [3.05, 3.63) is 23.8 Å². The number of hydrogen-bond acceptors (Lipinski definition) is 2. The van der Waals surface area contributed by atoms with Gasteiger partial charge in [0.2, 0.25) is 0 Å². The second-order valence-corrected chi connectivity index (χ2v) is 4.99. The lowest BCUT2D eigenvalue weighted by atomic mass is 9.85. The van der Waals surface area contributed by atoms with Gasteiger partial charge in [0.05, 0.1) is 0 Å². The molecule has 0 aliphatic heterocycles. The van der Waals surface area contributed by atoms with Crippen LogP contribution >= 0.6 is 12.2 Å². The van der Waals surface area contributed by atoms with Crippen LogP contribution in [0, 0.1) is 35.5 Å². The van der Waals surface area contributed by atoms with E-state index in [1.807, 2.05) is 0 Å². The zero-order valence-corrected chi connectivity index (χ0v) is 9.33. The summed E-state index contributed by atoms with van der Waals surface area (Å²) in [5.41, 5.74) is 0.769. The summed E-state index contributed by atoms with van der Waals surface area (Å²) >= 11 is 5.40. The molecule has 1 saturated carbocycles. The van der Waals surface area contributed by atoms with Gasteiger partial charge in [0.15, 0.2) is 0 Å². The van der Waals surface area contributed by atoms with Gasteiger partial charge in [-0.1, -0.05) is 36.4 Å². The fourth-order valence-corrected chi connectivity index (χ4v) is 3.59. The molecule has 1 fully saturated rings. The van der Waals surface area contributed by atoms with Crippen LogP contribution in [0.4, 0.5) is 0 Å². The van der Waals surface area contributed by atoms with E-state index in [0.717, 1.165) is 10.4 Å². The van der Waals surface area contributed by atoms with E-state index in [0.29, 0.717) is 23.7 Å². The highest BCUT2D eigenvalue weighted by molar-refractivity contribution is 7.81. The summed E-state index contributed by atoms with van der Waals surface area (Å²) < 4.78 is 0. The Morgan fingerprint density at radius 1 is 1.44 bits per heavy atom. The van der Waals surface area contributed by atoms with E-state index < -0.39 is 5.97 Å². The van der Waals surface area contributed by atoms with Gasteiger partial charge < -0.3 is 5.11 Å². The first-order chi connectivity index (χ1) is 7.66. The van der Waals surface area contributed by atoms with E-state index in [-0.39, 0.29) is 0 Å². The number of rotatable bonds is 0. The van der Waals surface area contributed by atoms with Crippen molar-refractivity contribution in [3.63, 3.8) is 0 Å². The molecule has 2 bridgehead atoms. The molecule has 3 rings (SSSR count). The number of fused-ring (bicyclic) bond motifs is 5. The van der Waals surface area contributed by atoms with Crippen LogP contribution in [-0.2, 0) is 4.79 Å². The fraction of sp³-hybridized carbons (Fsp3) is 0.385. The molecular weight excluding hydrogens is 220 g/mol. The predicted molar refractivity (Wildman–Crippen MR) is 63.8 cm³/mol. The Labute approximate surface area is 99.0 Å². The van der Waals surface area contributed by atoms with Gasteiger partial charge in [-0.3, -0.25) is 0 Å². The number of thiocarbonyl (C=S) groups is 1. The van der Waals surface area contributed by atoms with Crippen LogP contribution in [0.5, 0.6) is 0 Å². The van der Waals surface area contributed by atoms with Crippen molar-refractivity contribution in [2.24, 2.45) is 23.7 Å². The largest absolute Gasteiger partial charge is 0.472 e. The lowest BCUT2D eigenvalue weighted by molar-refractivity contribution is -0.130. The molecule has 2 nitrogen and oxygen atoms in total. The topological polar surface area (TPSA) is 37.3 Å². The van der Waals surface area contributed by atoms with Gasteiger partial charge in [0.25, 0.3) is 0 Å². The van der Waals surface area contributed by atoms with Crippen molar-refractivity contribution in [1.82, 2.24) is 0 Å². The Morgan fingerprint density at radius 2 is 2.19 bits per heavy atom.